The van der Waals surface area contributed by atoms with Crippen LogP contribution in [0.25, 0.3) is 0 Å². The zero-order chi connectivity index (χ0) is 25.2. The molecule has 0 saturated heterocycles. The molecule has 1 aliphatic carbocycles. The third-order valence-electron chi connectivity index (χ3n) is 5.80. The second-order valence-electron chi connectivity index (χ2n) is 9.81. The van der Waals surface area contributed by atoms with E-state index in [0.29, 0.717) is 18.3 Å². The van der Waals surface area contributed by atoms with Crippen molar-refractivity contribution in [1.29, 1.82) is 0 Å². The van der Waals surface area contributed by atoms with Crippen LogP contribution in [0, 0.1) is 5.92 Å². The summed E-state index contributed by atoms with van der Waals surface area (Å²) in [5.41, 5.74) is -0.895. The van der Waals surface area contributed by atoms with Crippen LogP contribution in [0.5, 0.6) is 0 Å². The van der Waals surface area contributed by atoms with Crippen molar-refractivity contribution in [3.8, 4) is 0 Å². The molecule has 0 unspecified atom stereocenters. The summed E-state index contributed by atoms with van der Waals surface area (Å²) < 4.78 is 11.1. The molecule has 9 nitrogen and oxygen atoms in total. The van der Waals surface area contributed by atoms with E-state index in [0.717, 1.165) is 5.56 Å². The summed E-state index contributed by atoms with van der Waals surface area (Å²) in [4.78, 5) is 56.2. The number of hydrogen-bond acceptors (Lipinski definition) is 7. The van der Waals surface area contributed by atoms with Gasteiger partial charge >= 0.3 is 12.1 Å². The van der Waals surface area contributed by atoms with Crippen molar-refractivity contribution in [3.05, 3.63) is 71.3 Å². The number of alkyl carbamates (subject to hydrolysis) is 1. The minimum atomic E-state index is -1.45. The molecule has 0 radical (unpaired) electrons. The lowest BCUT2D eigenvalue weighted by Gasteiger charge is -2.45. The van der Waals surface area contributed by atoms with Crippen LogP contribution in [0.3, 0.4) is 0 Å². The van der Waals surface area contributed by atoms with E-state index in [1.807, 2.05) is 30.3 Å². The van der Waals surface area contributed by atoms with E-state index in [-0.39, 0.29) is 29.9 Å². The quantitative estimate of drug-likeness (QED) is 0.603. The molecular formula is C26H28N2O7. The number of fused-ring (bicyclic) bond motifs is 1. The molecule has 9 heteroatoms. The third kappa shape index (κ3) is 5.35. The Morgan fingerprint density at radius 2 is 1.54 bits per heavy atom. The van der Waals surface area contributed by atoms with Gasteiger partial charge in [0, 0.05) is 0 Å². The Hall–Kier alpha value is -3.72. The average Bonchev–Trinajstić information content (AvgIpc) is 3.01. The van der Waals surface area contributed by atoms with E-state index >= 15 is 0 Å². The number of benzene rings is 2. The Balaban J connectivity index is 1.42. The molecule has 0 atom stereocenters. The monoisotopic (exact) mass is 480 g/mol. The summed E-state index contributed by atoms with van der Waals surface area (Å²) in [6, 6.07) is 15.9. The highest BCUT2D eigenvalue weighted by atomic mass is 16.7. The highest BCUT2D eigenvalue weighted by Gasteiger charge is 2.55. The van der Waals surface area contributed by atoms with Gasteiger partial charge in [0.15, 0.2) is 0 Å². The summed E-state index contributed by atoms with van der Waals surface area (Å²) >= 11 is 0. The van der Waals surface area contributed by atoms with Crippen molar-refractivity contribution in [2.75, 3.05) is 6.61 Å². The first-order chi connectivity index (χ1) is 16.6. The number of hydrogen-bond donors (Lipinski definition) is 1. The van der Waals surface area contributed by atoms with Crippen LogP contribution < -0.4 is 5.32 Å². The molecule has 4 rings (SSSR count). The van der Waals surface area contributed by atoms with Crippen molar-refractivity contribution < 1.29 is 33.5 Å². The van der Waals surface area contributed by atoms with Crippen molar-refractivity contribution in [3.63, 3.8) is 0 Å². The molecule has 0 bridgehead atoms. The number of rotatable bonds is 7. The molecule has 1 aliphatic heterocycles. The molecule has 2 aromatic rings. The fraction of sp³-hybridized carbons (Fsp3) is 0.385. The molecule has 0 aromatic heterocycles. The van der Waals surface area contributed by atoms with Crippen LogP contribution in [-0.2, 0) is 25.7 Å². The molecule has 35 heavy (non-hydrogen) atoms. The van der Waals surface area contributed by atoms with Gasteiger partial charge in [0.05, 0.1) is 24.3 Å². The van der Waals surface area contributed by atoms with E-state index in [2.05, 4.69) is 5.32 Å². The normalized spacial score (nSPS) is 21.2. The van der Waals surface area contributed by atoms with Crippen molar-refractivity contribution in [2.45, 2.75) is 51.4 Å². The number of carbonyl (C=O) groups excluding carboxylic acids is 4. The molecule has 0 spiro atoms. The lowest BCUT2D eigenvalue weighted by Crippen LogP contribution is -2.65. The van der Waals surface area contributed by atoms with E-state index < -0.39 is 35.0 Å². The molecule has 1 N–H and O–H groups in total. The minimum absolute atomic E-state index is 0.0385. The largest absolute Gasteiger partial charge is 0.444 e. The number of carbonyl (C=O) groups is 4. The van der Waals surface area contributed by atoms with Gasteiger partial charge in [-0.1, -0.05) is 47.5 Å². The van der Waals surface area contributed by atoms with Gasteiger partial charge in [0.1, 0.15) is 11.1 Å². The van der Waals surface area contributed by atoms with Crippen LogP contribution in [-0.4, -0.2) is 46.7 Å². The van der Waals surface area contributed by atoms with Crippen molar-refractivity contribution >= 4 is 23.9 Å². The molecular weight excluding hydrogens is 452 g/mol. The SMILES string of the molecule is CC(C)(C)OC(=O)NC1(C(=O)ON2C(=O)c3ccccc3C2=O)CC(COCc2ccccc2)C1. The van der Waals surface area contributed by atoms with Gasteiger partial charge in [-0.05, 0) is 57.2 Å². The maximum absolute atomic E-state index is 13.2. The second kappa shape index (κ2) is 9.50. The fourth-order valence-electron chi connectivity index (χ4n) is 4.20. The summed E-state index contributed by atoms with van der Waals surface area (Å²) in [5.74, 6) is -2.40. The van der Waals surface area contributed by atoms with Gasteiger partial charge in [0.2, 0.25) is 0 Å². The number of nitrogens with one attached hydrogen (secondary N) is 1. The lowest BCUT2D eigenvalue weighted by atomic mass is 9.68. The molecule has 1 heterocycles. The van der Waals surface area contributed by atoms with E-state index in [4.69, 9.17) is 14.3 Å². The fourth-order valence-corrected chi connectivity index (χ4v) is 4.20. The number of ether oxygens (including phenoxy) is 2. The molecule has 1 saturated carbocycles. The highest BCUT2D eigenvalue weighted by Crippen LogP contribution is 2.40. The summed E-state index contributed by atoms with van der Waals surface area (Å²) in [6.45, 7) is 5.91. The Labute approximate surface area is 203 Å². The zero-order valence-electron chi connectivity index (χ0n) is 19.9. The zero-order valence-corrected chi connectivity index (χ0v) is 19.9. The average molecular weight is 481 g/mol. The summed E-state index contributed by atoms with van der Waals surface area (Å²) in [7, 11) is 0. The number of amides is 3. The topological polar surface area (TPSA) is 111 Å². The van der Waals surface area contributed by atoms with E-state index in [9.17, 15) is 19.2 Å². The van der Waals surface area contributed by atoms with Gasteiger partial charge < -0.3 is 19.6 Å². The Kier molecular flexibility index (Phi) is 6.62. The highest BCUT2D eigenvalue weighted by molar-refractivity contribution is 6.21. The maximum atomic E-state index is 13.2. The Morgan fingerprint density at radius 3 is 2.11 bits per heavy atom. The first kappa shape index (κ1) is 24.4. The number of nitrogens with zero attached hydrogens (tertiary/aromatic N) is 1. The molecule has 3 amide bonds. The van der Waals surface area contributed by atoms with Crippen molar-refractivity contribution in [1.82, 2.24) is 10.4 Å². The van der Waals surface area contributed by atoms with Crippen LogP contribution in [0.4, 0.5) is 4.79 Å². The Bertz CT molecular complexity index is 1100. The predicted octanol–water partition coefficient (Wildman–Crippen LogP) is 3.63. The van der Waals surface area contributed by atoms with Gasteiger partial charge in [0.25, 0.3) is 11.8 Å². The van der Waals surface area contributed by atoms with Crippen LogP contribution in [0.1, 0.15) is 59.9 Å². The van der Waals surface area contributed by atoms with Crippen molar-refractivity contribution in [2.24, 2.45) is 5.92 Å². The first-order valence-electron chi connectivity index (χ1n) is 11.4. The summed E-state index contributed by atoms with van der Waals surface area (Å²) in [6.07, 6.45) is -0.369. The first-order valence-corrected chi connectivity index (χ1v) is 11.4. The predicted molar refractivity (Wildman–Crippen MR) is 124 cm³/mol. The van der Waals surface area contributed by atoms with E-state index in [1.165, 1.54) is 12.1 Å². The maximum Gasteiger partial charge on any atom is 0.408 e. The molecule has 2 aliphatic rings. The standard InChI is InChI=1S/C26H28N2O7/c1-25(2,3)34-24(32)27-26(13-18(14-26)16-33-15-17-9-5-4-6-10-17)23(31)35-28-21(29)19-11-7-8-12-20(19)22(28)30/h4-12,18H,13-16H2,1-3H3,(H,27,32). The van der Waals surface area contributed by atoms with Gasteiger partial charge in [-0.3, -0.25) is 9.59 Å². The van der Waals surface area contributed by atoms with Crippen LogP contribution in [0.2, 0.25) is 0 Å². The number of imide groups is 1. The van der Waals surface area contributed by atoms with Gasteiger partial charge in [-0.25, -0.2) is 9.59 Å². The van der Waals surface area contributed by atoms with Gasteiger partial charge in [-0.15, -0.1) is 0 Å². The smallest absolute Gasteiger partial charge is 0.408 e. The van der Waals surface area contributed by atoms with Crippen LogP contribution >= 0.6 is 0 Å². The molecule has 184 valence electrons. The number of hydroxylamine groups is 2. The van der Waals surface area contributed by atoms with Gasteiger partial charge in [-0.2, -0.15) is 0 Å². The summed E-state index contributed by atoms with van der Waals surface area (Å²) in [5, 5.41) is 3.06. The molecule has 2 aromatic carbocycles. The lowest BCUT2D eigenvalue weighted by molar-refractivity contribution is -0.184. The second-order valence-corrected chi connectivity index (χ2v) is 9.81. The minimum Gasteiger partial charge on any atom is -0.444 e. The van der Waals surface area contributed by atoms with Crippen LogP contribution in [0.15, 0.2) is 54.6 Å². The Morgan fingerprint density at radius 1 is 0.971 bits per heavy atom. The third-order valence-corrected chi connectivity index (χ3v) is 5.80. The molecule has 1 fully saturated rings. The van der Waals surface area contributed by atoms with E-state index in [1.54, 1.807) is 32.9 Å².